The molecule has 4 bridgehead atoms. The van der Waals surface area contributed by atoms with E-state index in [0.29, 0.717) is 63.7 Å². The number of hydrogen-bond donors (Lipinski definition) is 4. The molecule has 16 nitrogen and oxygen atoms in total. The summed E-state index contributed by atoms with van der Waals surface area (Å²) >= 11 is 12.9. The minimum absolute atomic E-state index is 0.0713. The maximum Gasteiger partial charge on any atom is 0.264 e. The number of fused-ring (bicyclic) bond motifs is 8. The van der Waals surface area contributed by atoms with E-state index in [0.717, 1.165) is 96.8 Å². The number of nitrogens with zero attached hydrogens (tertiary/aromatic N) is 4. The van der Waals surface area contributed by atoms with Crippen molar-refractivity contribution in [1.82, 2.24) is 19.4 Å². The number of aliphatic hydroxyl groups is 2. The zero-order valence-electron chi connectivity index (χ0n) is 53.7. The second kappa shape index (κ2) is 26.0. The van der Waals surface area contributed by atoms with Crippen molar-refractivity contribution in [2.24, 2.45) is 35.5 Å². The van der Waals surface area contributed by atoms with E-state index in [4.69, 9.17) is 32.7 Å². The number of carbonyl (C=O) groups is 2. The van der Waals surface area contributed by atoms with Gasteiger partial charge in [-0.3, -0.25) is 19.6 Å². The number of aryl methyl sites for hydroxylation is 2. The van der Waals surface area contributed by atoms with Gasteiger partial charge in [0.2, 0.25) is 20.0 Å². The molecule has 94 heavy (non-hydrogen) atoms. The lowest BCUT2D eigenvalue weighted by atomic mass is 9.62. The van der Waals surface area contributed by atoms with Crippen LogP contribution in [0.25, 0.3) is 0 Å². The number of hydrogen-bond acceptors (Lipinski definition) is 14. The van der Waals surface area contributed by atoms with Gasteiger partial charge in [-0.15, -0.1) is 0 Å². The molecule has 2 fully saturated rings. The van der Waals surface area contributed by atoms with E-state index in [1.165, 1.54) is 22.3 Å². The lowest BCUT2D eigenvalue weighted by Crippen LogP contribution is -2.51. The van der Waals surface area contributed by atoms with Gasteiger partial charge in [0.25, 0.3) is 11.8 Å². The van der Waals surface area contributed by atoms with E-state index in [9.17, 15) is 36.6 Å². The monoisotopic (exact) mass is 1350 g/mol. The Balaban J connectivity index is 0.000000171. The van der Waals surface area contributed by atoms with Gasteiger partial charge in [0.15, 0.2) is 0 Å². The fourth-order valence-electron chi connectivity index (χ4n) is 16.4. The predicted molar refractivity (Wildman–Crippen MR) is 367 cm³/mol. The van der Waals surface area contributed by atoms with Gasteiger partial charge in [-0.25, -0.2) is 26.3 Å². The summed E-state index contributed by atoms with van der Waals surface area (Å²) in [6, 6.07) is 30.2. The number of nitrogens with one attached hydrogen (secondary N) is 2. The van der Waals surface area contributed by atoms with Crippen molar-refractivity contribution in [3.8, 4) is 11.5 Å². The third-order valence-corrected chi connectivity index (χ3v) is 26.9. The van der Waals surface area contributed by atoms with Crippen molar-refractivity contribution in [2.75, 3.05) is 49.2 Å². The molecule has 6 heterocycles. The number of halogens is 2. The summed E-state index contributed by atoms with van der Waals surface area (Å²) in [7, 11) is -7.97. The van der Waals surface area contributed by atoms with Crippen LogP contribution in [0, 0.1) is 35.5 Å². The van der Waals surface area contributed by atoms with Crippen molar-refractivity contribution in [2.45, 2.75) is 137 Å². The first-order chi connectivity index (χ1) is 45.0. The second-order valence-electron chi connectivity index (χ2n) is 28.2. The summed E-state index contributed by atoms with van der Waals surface area (Å²) < 4.78 is 71.5. The van der Waals surface area contributed by atoms with Crippen molar-refractivity contribution >= 4 is 66.4 Å². The Labute approximate surface area is 562 Å². The van der Waals surface area contributed by atoms with Crippen LogP contribution in [0.5, 0.6) is 11.5 Å². The third kappa shape index (κ3) is 12.6. The van der Waals surface area contributed by atoms with Crippen molar-refractivity contribution in [1.29, 1.82) is 0 Å². The van der Waals surface area contributed by atoms with Gasteiger partial charge < -0.3 is 29.5 Å². The van der Waals surface area contributed by atoms with E-state index in [1.807, 2.05) is 74.5 Å². The smallest absolute Gasteiger partial charge is 0.264 e. The Morgan fingerprint density at radius 2 is 0.947 bits per heavy atom. The molecule has 4 aliphatic carbocycles. The molecule has 4 aromatic carbocycles. The van der Waals surface area contributed by atoms with Crippen LogP contribution in [-0.4, -0.2) is 98.7 Å². The highest BCUT2D eigenvalue weighted by molar-refractivity contribution is 7.91. The molecule has 8 aliphatic rings. The standard InChI is InChI=1S/2C37H42ClN3O5S/c2*1-24-5-3-16-37(43,29-13-17-39-18-14-29)32-10-7-28(32)21-41-22-36(15-4-6-26-19-30(38)9-11-31(26)36)23-46-34-12-8-27(20-33(34)41)35(42)40-47(44,45)25(24)2/h2*3,8-9,11-14,16-20,24-25,28,32,43H,4-7,10,15,21-23H2,1-2H3,(H,40,42)/b2*16-3+/t24-,25+,28-,32+,36-,37+;24-,25+,28-,32+,36-,37-/m00/s1. The van der Waals surface area contributed by atoms with Gasteiger partial charge in [-0.2, -0.15) is 0 Å². The van der Waals surface area contributed by atoms with E-state index < -0.39 is 53.6 Å². The number of aromatic nitrogens is 2. The van der Waals surface area contributed by atoms with Crippen molar-refractivity contribution < 1.29 is 46.1 Å². The Morgan fingerprint density at radius 1 is 0.543 bits per heavy atom. The lowest BCUT2D eigenvalue weighted by Gasteiger charge is -2.49. The number of benzene rings is 4. The molecule has 12 atom stereocenters. The first kappa shape index (κ1) is 65.8. The highest BCUT2D eigenvalue weighted by Gasteiger charge is 2.51. The number of pyridine rings is 2. The second-order valence-corrected chi connectivity index (χ2v) is 33.1. The number of anilines is 2. The van der Waals surface area contributed by atoms with Crippen LogP contribution in [0.2, 0.25) is 10.0 Å². The Bertz CT molecular complexity index is 3900. The summed E-state index contributed by atoms with van der Waals surface area (Å²) in [4.78, 5) is 40.0. The number of carbonyl (C=O) groups excluding carboxylic acids is 2. The molecule has 4 N–H and O–H groups in total. The summed E-state index contributed by atoms with van der Waals surface area (Å²) in [5.74, 6) is -0.438. The SMILES string of the molecule is C[C@@H]1[C@@H](C)C/C=C/[C@@](O)(c2ccncc2)[C@@H]2CC[C@H]2CN2C[C@@]3(CCCc4cc(Cl)ccc43)COc3ccc(cc32)C(=O)NS1(=O)=O.C[C@@H]1[C@@H](C)C/C=C/[C@](O)(c2ccncc2)[C@@H]2CC[C@H]2CN2C[C@@]3(CCCc4cc(Cl)ccc43)COc3ccc(cc32)C(=O)NS1(=O)=O. The topological polar surface area (TPSA) is 218 Å². The molecule has 2 aromatic heterocycles. The molecule has 496 valence electrons. The van der Waals surface area contributed by atoms with E-state index in [1.54, 1.807) is 75.0 Å². The normalized spacial score (nSPS) is 32.5. The molecule has 14 rings (SSSR count). The molecule has 2 spiro atoms. The molecule has 2 saturated carbocycles. The van der Waals surface area contributed by atoms with Crippen LogP contribution in [0.3, 0.4) is 0 Å². The minimum Gasteiger partial charge on any atom is -0.490 e. The molecular formula is C74H84Cl2N6O10S2. The Morgan fingerprint density at radius 3 is 1.33 bits per heavy atom. The van der Waals surface area contributed by atoms with Gasteiger partial charge in [-0.05, 0) is 233 Å². The molecule has 6 aromatic rings. The summed E-state index contributed by atoms with van der Waals surface area (Å²) in [6.07, 6.45) is 24.6. The fourth-order valence-corrected chi connectivity index (χ4v) is 19.4. The molecule has 0 radical (unpaired) electrons. The number of rotatable bonds is 2. The van der Waals surface area contributed by atoms with Crippen LogP contribution >= 0.6 is 23.2 Å². The average Bonchev–Trinajstić information content (AvgIpc) is 1.32. The molecule has 2 amide bonds. The van der Waals surface area contributed by atoms with Crippen LogP contribution in [0.15, 0.2) is 146 Å². The zero-order chi connectivity index (χ0) is 66.0. The average molecular weight is 1350 g/mol. The van der Waals surface area contributed by atoms with Gasteiger partial charge in [0, 0.05) is 94.8 Å². The Kier molecular flexibility index (Phi) is 18.2. The largest absolute Gasteiger partial charge is 0.490 e. The number of sulfonamides is 2. The van der Waals surface area contributed by atoms with Crippen LogP contribution < -0.4 is 28.7 Å². The minimum atomic E-state index is -3.99. The van der Waals surface area contributed by atoms with Gasteiger partial charge in [-0.1, -0.05) is 73.5 Å². The maximum absolute atomic E-state index is 13.5. The van der Waals surface area contributed by atoms with Crippen LogP contribution in [-0.2, 0) is 54.9 Å². The summed E-state index contributed by atoms with van der Waals surface area (Å²) in [6.45, 7) is 10.5. The maximum atomic E-state index is 13.5. The Hall–Kier alpha value is -6.80. The number of allylic oxidation sites excluding steroid dienone is 2. The fraction of sp³-hybridized carbons (Fsp3) is 0.459. The predicted octanol–water partition coefficient (Wildman–Crippen LogP) is 12.3. The molecule has 0 unspecified atom stereocenters. The molecule has 0 saturated heterocycles. The van der Waals surface area contributed by atoms with Crippen molar-refractivity contribution in [3.05, 3.63) is 201 Å². The zero-order valence-corrected chi connectivity index (χ0v) is 56.9. The quantitative estimate of drug-likeness (QED) is 0.119. The van der Waals surface area contributed by atoms with E-state index in [2.05, 4.69) is 53.5 Å². The molecule has 4 aliphatic heterocycles. The van der Waals surface area contributed by atoms with Crippen molar-refractivity contribution in [3.63, 3.8) is 0 Å². The summed E-state index contributed by atoms with van der Waals surface area (Å²) in [5, 5.41) is 24.8. The van der Waals surface area contributed by atoms with Crippen LogP contribution in [0.1, 0.15) is 146 Å². The number of amides is 2. The first-order valence-corrected chi connectivity index (χ1v) is 37.2. The first-order valence-electron chi connectivity index (χ1n) is 33.3. The molecular weight excluding hydrogens is 1270 g/mol. The van der Waals surface area contributed by atoms with Gasteiger partial charge in [0.1, 0.15) is 22.7 Å². The third-order valence-electron chi connectivity index (χ3n) is 22.6. The van der Waals surface area contributed by atoms with Gasteiger partial charge >= 0.3 is 0 Å². The van der Waals surface area contributed by atoms with E-state index in [-0.39, 0.29) is 57.5 Å². The number of ether oxygens (including phenoxy) is 2. The lowest BCUT2D eigenvalue weighted by molar-refractivity contribution is -0.0503. The highest BCUT2D eigenvalue weighted by Crippen LogP contribution is 2.53. The van der Waals surface area contributed by atoms with Crippen LogP contribution in [0.4, 0.5) is 11.4 Å². The molecule has 20 heteroatoms. The van der Waals surface area contributed by atoms with E-state index >= 15 is 0 Å². The summed E-state index contributed by atoms with van der Waals surface area (Å²) in [5.41, 5.74) is 5.42. The highest BCUT2D eigenvalue weighted by atomic mass is 35.5. The van der Waals surface area contributed by atoms with Gasteiger partial charge in [0.05, 0.1) is 35.1 Å².